The molecule has 2 heterocycles. The van der Waals surface area contributed by atoms with Crippen molar-refractivity contribution >= 4 is 0 Å². The SMILES string of the molecule is COc1cnc(C2(O)CCOCC2)c(OC)n1. The first-order valence-corrected chi connectivity index (χ1v) is 5.45. The summed E-state index contributed by atoms with van der Waals surface area (Å²) in [6.07, 6.45) is 2.46. The largest absolute Gasteiger partial charge is 0.480 e. The molecule has 0 radical (unpaired) electrons. The molecule has 17 heavy (non-hydrogen) atoms. The molecule has 1 aromatic heterocycles. The average Bonchev–Trinajstić information content (AvgIpc) is 2.38. The fourth-order valence-corrected chi connectivity index (χ4v) is 1.86. The van der Waals surface area contributed by atoms with Crippen LogP contribution in [0.2, 0.25) is 0 Å². The lowest BCUT2D eigenvalue weighted by molar-refractivity contribution is -0.0720. The molecule has 0 bridgehead atoms. The van der Waals surface area contributed by atoms with Gasteiger partial charge in [-0.05, 0) is 0 Å². The van der Waals surface area contributed by atoms with Crippen LogP contribution in [0.5, 0.6) is 11.8 Å². The van der Waals surface area contributed by atoms with E-state index in [1.807, 2.05) is 0 Å². The van der Waals surface area contributed by atoms with Crippen molar-refractivity contribution in [3.8, 4) is 11.8 Å². The minimum Gasteiger partial charge on any atom is -0.480 e. The van der Waals surface area contributed by atoms with Crippen LogP contribution in [0.4, 0.5) is 0 Å². The number of aromatic nitrogens is 2. The molecule has 1 fully saturated rings. The van der Waals surface area contributed by atoms with Crippen LogP contribution in [0.3, 0.4) is 0 Å². The van der Waals surface area contributed by atoms with Crippen molar-refractivity contribution in [2.45, 2.75) is 18.4 Å². The Kier molecular flexibility index (Phi) is 3.44. The second kappa shape index (κ2) is 4.85. The number of aliphatic hydroxyl groups is 1. The van der Waals surface area contributed by atoms with Crippen molar-refractivity contribution in [2.75, 3.05) is 27.4 Å². The number of hydrogen-bond donors (Lipinski definition) is 1. The smallest absolute Gasteiger partial charge is 0.241 e. The van der Waals surface area contributed by atoms with Crippen molar-refractivity contribution in [1.29, 1.82) is 0 Å². The molecule has 1 aliphatic rings. The Balaban J connectivity index is 2.36. The molecule has 1 saturated heterocycles. The molecule has 0 atom stereocenters. The van der Waals surface area contributed by atoms with Crippen molar-refractivity contribution in [3.63, 3.8) is 0 Å². The highest BCUT2D eigenvalue weighted by atomic mass is 16.5. The van der Waals surface area contributed by atoms with Crippen molar-refractivity contribution in [3.05, 3.63) is 11.9 Å². The molecule has 1 aromatic rings. The minimum atomic E-state index is -1.02. The fraction of sp³-hybridized carbons (Fsp3) is 0.636. The molecule has 0 amide bonds. The Morgan fingerprint density at radius 3 is 2.59 bits per heavy atom. The van der Waals surface area contributed by atoms with Gasteiger partial charge in [0.1, 0.15) is 11.3 Å². The average molecular weight is 240 g/mol. The van der Waals surface area contributed by atoms with Crippen LogP contribution < -0.4 is 9.47 Å². The third kappa shape index (κ3) is 2.32. The molecule has 0 saturated carbocycles. The number of methoxy groups -OCH3 is 2. The summed E-state index contributed by atoms with van der Waals surface area (Å²) < 4.78 is 15.4. The van der Waals surface area contributed by atoms with E-state index in [4.69, 9.17) is 14.2 Å². The first-order valence-electron chi connectivity index (χ1n) is 5.45. The summed E-state index contributed by atoms with van der Waals surface area (Å²) in [5, 5.41) is 10.5. The van der Waals surface area contributed by atoms with Crippen LogP contribution >= 0.6 is 0 Å². The fourth-order valence-electron chi connectivity index (χ4n) is 1.86. The van der Waals surface area contributed by atoms with E-state index in [-0.39, 0.29) is 0 Å². The van der Waals surface area contributed by atoms with Gasteiger partial charge in [-0.1, -0.05) is 0 Å². The van der Waals surface area contributed by atoms with E-state index in [2.05, 4.69) is 9.97 Å². The van der Waals surface area contributed by atoms with Crippen LogP contribution in [0, 0.1) is 0 Å². The van der Waals surface area contributed by atoms with Crippen molar-refractivity contribution in [1.82, 2.24) is 9.97 Å². The zero-order valence-corrected chi connectivity index (χ0v) is 9.97. The first-order chi connectivity index (χ1) is 8.19. The third-order valence-electron chi connectivity index (χ3n) is 2.88. The zero-order valence-electron chi connectivity index (χ0n) is 9.97. The highest BCUT2D eigenvalue weighted by Gasteiger charge is 2.36. The second-order valence-corrected chi connectivity index (χ2v) is 3.91. The molecule has 94 valence electrons. The van der Waals surface area contributed by atoms with Gasteiger partial charge in [0.05, 0.1) is 20.4 Å². The summed E-state index contributed by atoms with van der Waals surface area (Å²) in [6.45, 7) is 1.01. The van der Waals surface area contributed by atoms with Gasteiger partial charge in [0.15, 0.2) is 0 Å². The standard InChI is InChI=1S/C11H16N2O4/c1-15-8-7-12-9(10(13-8)16-2)11(14)3-5-17-6-4-11/h7,14H,3-6H2,1-2H3. The molecule has 0 aromatic carbocycles. The van der Waals surface area contributed by atoms with Crippen LogP contribution in [0.25, 0.3) is 0 Å². The van der Waals surface area contributed by atoms with Gasteiger partial charge in [-0.25, -0.2) is 4.98 Å². The lowest BCUT2D eigenvalue weighted by atomic mass is 9.90. The molecule has 6 heteroatoms. The summed E-state index contributed by atoms with van der Waals surface area (Å²) in [4.78, 5) is 8.32. The Labute approximate surface area is 99.6 Å². The monoisotopic (exact) mass is 240 g/mol. The van der Waals surface area contributed by atoms with Crippen molar-refractivity contribution < 1.29 is 19.3 Å². The zero-order chi connectivity index (χ0) is 12.3. The molecule has 2 rings (SSSR count). The summed E-state index contributed by atoms with van der Waals surface area (Å²) in [7, 11) is 3.00. The van der Waals surface area contributed by atoms with Gasteiger partial charge in [-0.15, -0.1) is 0 Å². The normalized spacial score (nSPS) is 18.8. The summed E-state index contributed by atoms with van der Waals surface area (Å²) in [5.74, 6) is 0.662. The van der Waals surface area contributed by atoms with Gasteiger partial charge >= 0.3 is 0 Å². The lowest BCUT2D eigenvalue weighted by Crippen LogP contribution is -2.35. The molecular formula is C11H16N2O4. The van der Waals surface area contributed by atoms with Gasteiger partial charge in [-0.2, -0.15) is 4.98 Å². The van der Waals surface area contributed by atoms with E-state index in [9.17, 15) is 5.11 Å². The van der Waals surface area contributed by atoms with Crippen molar-refractivity contribution in [2.24, 2.45) is 0 Å². The summed E-state index contributed by atoms with van der Waals surface area (Å²) in [5.41, 5.74) is -0.577. The third-order valence-corrected chi connectivity index (χ3v) is 2.88. The number of nitrogens with zero attached hydrogens (tertiary/aromatic N) is 2. The molecular weight excluding hydrogens is 224 g/mol. The maximum atomic E-state index is 10.5. The Morgan fingerprint density at radius 2 is 2.00 bits per heavy atom. The topological polar surface area (TPSA) is 73.7 Å². The van der Waals surface area contributed by atoms with Gasteiger partial charge in [0.2, 0.25) is 11.8 Å². The van der Waals surface area contributed by atoms with Gasteiger partial charge in [0.25, 0.3) is 0 Å². The van der Waals surface area contributed by atoms with E-state index in [1.54, 1.807) is 0 Å². The van der Waals surface area contributed by atoms with Crippen LogP contribution in [-0.4, -0.2) is 42.5 Å². The predicted octanol–water partition coefficient (Wildman–Crippen LogP) is 0.492. The van der Waals surface area contributed by atoms with E-state index in [1.165, 1.54) is 20.4 Å². The molecule has 0 spiro atoms. The van der Waals surface area contributed by atoms with Gasteiger partial charge < -0.3 is 19.3 Å². The molecule has 1 N–H and O–H groups in total. The van der Waals surface area contributed by atoms with E-state index in [0.29, 0.717) is 43.5 Å². The van der Waals surface area contributed by atoms with Crippen LogP contribution in [-0.2, 0) is 10.3 Å². The van der Waals surface area contributed by atoms with Crippen LogP contribution in [0.1, 0.15) is 18.5 Å². The molecule has 0 unspecified atom stereocenters. The minimum absolute atomic E-state index is 0.300. The lowest BCUT2D eigenvalue weighted by Gasteiger charge is -2.31. The number of hydrogen-bond acceptors (Lipinski definition) is 6. The Morgan fingerprint density at radius 1 is 1.29 bits per heavy atom. The summed E-state index contributed by atoms with van der Waals surface area (Å²) in [6, 6.07) is 0. The van der Waals surface area contributed by atoms with E-state index in [0.717, 1.165) is 0 Å². The molecule has 1 aliphatic heterocycles. The first kappa shape index (κ1) is 12.1. The molecule has 0 aliphatic carbocycles. The van der Waals surface area contributed by atoms with Gasteiger partial charge in [-0.3, -0.25) is 0 Å². The second-order valence-electron chi connectivity index (χ2n) is 3.91. The Hall–Kier alpha value is -1.40. The highest BCUT2D eigenvalue weighted by Crippen LogP contribution is 2.35. The summed E-state index contributed by atoms with van der Waals surface area (Å²) >= 11 is 0. The number of rotatable bonds is 3. The predicted molar refractivity (Wildman–Crippen MR) is 59.1 cm³/mol. The van der Waals surface area contributed by atoms with Crippen LogP contribution in [0.15, 0.2) is 6.20 Å². The Bertz CT molecular complexity index is 391. The van der Waals surface area contributed by atoms with Gasteiger partial charge in [0, 0.05) is 26.1 Å². The quantitative estimate of drug-likeness (QED) is 0.829. The maximum absolute atomic E-state index is 10.5. The molecule has 6 nitrogen and oxygen atoms in total. The maximum Gasteiger partial charge on any atom is 0.241 e. The van der Waals surface area contributed by atoms with E-state index >= 15 is 0 Å². The number of ether oxygens (including phenoxy) is 3. The highest BCUT2D eigenvalue weighted by molar-refractivity contribution is 5.28. The van der Waals surface area contributed by atoms with E-state index < -0.39 is 5.60 Å².